The Hall–Kier alpha value is -3.43. The number of nitrogens with one attached hydrogen (secondary N) is 1. The molecule has 0 aromatic carbocycles. The minimum Gasteiger partial charge on any atom is -0.482 e. The highest BCUT2D eigenvalue weighted by atomic mass is 32.2. The van der Waals surface area contributed by atoms with Crippen LogP contribution in [0.25, 0.3) is 0 Å². The molecule has 0 bridgehead atoms. The van der Waals surface area contributed by atoms with Crippen molar-refractivity contribution in [1.82, 2.24) is 24.8 Å². The summed E-state index contributed by atoms with van der Waals surface area (Å²) >= 11 is 0. The van der Waals surface area contributed by atoms with Gasteiger partial charge in [-0.15, -0.1) is 0 Å². The van der Waals surface area contributed by atoms with Gasteiger partial charge in [0, 0.05) is 43.8 Å². The number of likely N-dealkylation sites (tertiary alicyclic amines) is 2. The van der Waals surface area contributed by atoms with Gasteiger partial charge in [-0.25, -0.2) is 18.4 Å². The summed E-state index contributed by atoms with van der Waals surface area (Å²) in [6.45, 7) is 9.89. The Morgan fingerprint density at radius 2 is 1.85 bits per heavy atom. The van der Waals surface area contributed by atoms with E-state index in [-0.39, 0.29) is 23.5 Å². The Bertz CT molecular complexity index is 1470. The summed E-state index contributed by atoms with van der Waals surface area (Å²) in [5.41, 5.74) is 3.53. The van der Waals surface area contributed by atoms with Gasteiger partial charge in [-0.05, 0) is 58.7 Å². The standard InChI is InChI=1S/C28H35N7O4S/c1-4-5-24(36)35-15-21(16-35)33-8-6-20(7-9-33)22-14-23-26(18(2)31-22)39-19(3)25-27(32-23)29-17-30-28(25)34-10-12-40(37,38)13-11-34/h14,17,19-21H,6-13,15-16H2,1-3H3,(H,29,30,32)/t19-/m1/s1. The van der Waals surface area contributed by atoms with Crippen molar-refractivity contribution < 1.29 is 17.9 Å². The summed E-state index contributed by atoms with van der Waals surface area (Å²) in [6, 6.07) is 2.50. The number of aromatic nitrogens is 3. The number of fused-ring (bicyclic) bond motifs is 2. The lowest BCUT2D eigenvalue weighted by molar-refractivity contribution is -0.132. The molecule has 0 radical (unpaired) electrons. The summed E-state index contributed by atoms with van der Waals surface area (Å²) in [6.07, 6.45) is 3.19. The van der Waals surface area contributed by atoms with Crippen LogP contribution in [0.4, 0.5) is 17.3 Å². The average molecular weight is 566 g/mol. The van der Waals surface area contributed by atoms with Crippen LogP contribution in [0.2, 0.25) is 0 Å². The average Bonchev–Trinajstić information content (AvgIpc) is 3.04. The number of carbonyl (C=O) groups is 1. The monoisotopic (exact) mass is 565 g/mol. The van der Waals surface area contributed by atoms with E-state index in [4.69, 9.17) is 9.72 Å². The number of piperidine rings is 1. The molecule has 1 amide bonds. The number of anilines is 3. The molecule has 0 spiro atoms. The van der Waals surface area contributed by atoms with Gasteiger partial charge in [0.1, 0.15) is 24.1 Å². The van der Waals surface area contributed by atoms with Crippen molar-refractivity contribution in [3.63, 3.8) is 0 Å². The fourth-order valence-electron chi connectivity index (χ4n) is 6.13. The Kier molecular flexibility index (Phi) is 7.04. The van der Waals surface area contributed by atoms with E-state index in [2.05, 4.69) is 38.1 Å². The van der Waals surface area contributed by atoms with Gasteiger partial charge in [-0.3, -0.25) is 14.7 Å². The lowest BCUT2D eigenvalue weighted by atomic mass is 9.90. The third kappa shape index (κ3) is 5.08. The van der Waals surface area contributed by atoms with Crippen molar-refractivity contribution >= 4 is 33.1 Å². The summed E-state index contributed by atoms with van der Waals surface area (Å²) < 4.78 is 30.4. The van der Waals surface area contributed by atoms with Crippen LogP contribution < -0.4 is 15.0 Å². The van der Waals surface area contributed by atoms with E-state index in [1.807, 2.05) is 23.6 Å². The molecule has 0 saturated carbocycles. The van der Waals surface area contributed by atoms with Crippen LogP contribution >= 0.6 is 0 Å². The predicted octanol–water partition coefficient (Wildman–Crippen LogP) is 2.03. The number of rotatable bonds is 3. The summed E-state index contributed by atoms with van der Waals surface area (Å²) in [5, 5.41) is 3.50. The molecule has 4 aliphatic heterocycles. The molecule has 2 aromatic heterocycles. The molecule has 40 heavy (non-hydrogen) atoms. The first-order chi connectivity index (χ1) is 19.2. The molecule has 12 heteroatoms. The zero-order chi connectivity index (χ0) is 28.0. The molecule has 6 rings (SSSR count). The van der Waals surface area contributed by atoms with E-state index in [0.717, 1.165) is 61.7 Å². The van der Waals surface area contributed by atoms with Gasteiger partial charge in [-0.1, -0.05) is 5.92 Å². The molecular formula is C28H35N7O4S. The van der Waals surface area contributed by atoms with Gasteiger partial charge in [0.25, 0.3) is 5.91 Å². The van der Waals surface area contributed by atoms with Crippen LogP contribution in [-0.2, 0) is 14.6 Å². The van der Waals surface area contributed by atoms with Crippen LogP contribution in [0.15, 0.2) is 12.4 Å². The minimum atomic E-state index is -3.01. The fraction of sp³-hybridized carbons (Fsp3) is 0.571. The number of carbonyl (C=O) groups excluding carboxylic acids is 1. The number of hydrogen-bond acceptors (Lipinski definition) is 10. The number of pyridine rings is 1. The second-order valence-corrected chi connectivity index (χ2v) is 13.3. The first-order valence-corrected chi connectivity index (χ1v) is 15.8. The normalized spacial score (nSPS) is 22.9. The van der Waals surface area contributed by atoms with E-state index in [1.165, 1.54) is 6.33 Å². The molecule has 11 nitrogen and oxygen atoms in total. The number of ether oxygens (including phenoxy) is 1. The molecule has 4 aliphatic rings. The molecule has 3 saturated heterocycles. The Morgan fingerprint density at radius 1 is 1.12 bits per heavy atom. The highest BCUT2D eigenvalue weighted by molar-refractivity contribution is 7.91. The molecular weight excluding hydrogens is 530 g/mol. The molecule has 212 valence electrons. The Balaban J connectivity index is 1.17. The van der Waals surface area contributed by atoms with E-state index in [1.54, 1.807) is 6.92 Å². The number of nitrogens with zero attached hydrogens (tertiary/aromatic N) is 6. The van der Waals surface area contributed by atoms with Crippen molar-refractivity contribution in [2.24, 2.45) is 0 Å². The van der Waals surface area contributed by atoms with Gasteiger partial charge in [0.15, 0.2) is 15.6 Å². The van der Waals surface area contributed by atoms with Gasteiger partial charge in [-0.2, -0.15) is 0 Å². The Morgan fingerprint density at radius 3 is 2.55 bits per heavy atom. The lowest BCUT2D eigenvalue weighted by Gasteiger charge is -2.47. The van der Waals surface area contributed by atoms with Gasteiger partial charge >= 0.3 is 0 Å². The second kappa shape index (κ2) is 10.5. The smallest absolute Gasteiger partial charge is 0.298 e. The summed E-state index contributed by atoms with van der Waals surface area (Å²) in [5.74, 6) is 7.89. The molecule has 3 fully saturated rings. The first-order valence-electron chi connectivity index (χ1n) is 13.9. The number of hydrogen-bond donors (Lipinski definition) is 1. The number of sulfone groups is 1. The third-order valence-corrected chi connectivity index (χ3v) is 10.1. The third-order valence-electron chi connectivity index (χ3n) is 8.47. The largest absolute Gasteiger partial charge is 0.482 e. The molecule has 1 N–H and O–H groups in total. The van der Waals surface area contributed by atoms with E-state index >= 15 is 0 Å². The van der Waals surface area contributed by atoms with Crippen LogP contribution in [0, 0.1) is 18.8 Å². The minimum absolute atomic E-state index is 0.0786. The molecule has 2 aromatic rings. The predicted molar refractivity (Wildman–Crippen MR) is 152 cm³/mol. The molecule has 0 unspecified atom stereocenters. The van der Waals surface area contributed by atoms with Crippen LogP contribution in [-0.4, -0.2) is 95.9 Å². The second-order valence-electron chi connectivity index (χ2n) is 11.0. The zero-order valence-corrected chi connectivity index (χ0v) is 24.0. The topological polar surface area (TPSA) is 121 Å². The highest BCUT2D eigenvalue weighted by Crippen LogP contribution is 2.44. The van der Waals surface area contributed by atoms with Crippen LogP contribution in [0.5, 0.6) is 5.75 Å². The van der Waals surface area contributed by atoms with Crippen molar-refractivity contribution in [2.75, 3.05) is 61.0 Å². The fourth-order valence-corrected chi connectivity index (χ4v) is 7.34. The van der Waals surface area contributed by atoms with E-state index in [9.17, 15) is 13.2 Å². The number of aryl methyl sites for hydroxylation is 1. The maximum absolute atomic E-state index is 12.0. The van der Waals surface area contributed by atoms with E-state index in [0.29, 0.717) is 42.4 Å². The van der Waals surface area contributed by atoms with Gasteiger partial charge in [0.05, 0.1) is 28.5 Å². The van der Waals surface area contributed by atoms with Gasteiger partial charge < -0.3 is 19.9 Å². The lowest BCUT2D eigenvalue weighted by Crippen LogP contribution is -2.61. The first kappa shape index (κ1) is 26.8. The Labute approximate surface area is 235 Å². The maximum atomic E-state index is 12.0. The molecule has 1 atom stereocenters. The van der Waals surface area contributed by atoms with Crippen molar-refractivity contribution in [3.8, 4) is 17.6 Å². The SMILES string of the molecule is CC#CC(=O)N1CC(N2CCC(c3cc4c(c(C)n3)O[C@H](C)c3c(ncnc3N3CCS(=O)(=O)CC3)N4)CC2)C1. The summed E-state index contributed by atoms with van der Waals surface area (Å²) in [4.78, 5) is 32.3. The van der Waals surface area contributed by atoms with Crippen LogP contribution in [0.1, 0.15) is 55.7 Å². The molecule has 0 aliphatic carbocycles. The molecule has 6 heterocycles. The zero-order valence-electron chi connectivity index (χ0n) is 23.2. The van der Waals surface area contributed by atoms with Crippen molar-refractivity contribution in [2.45, 2.75) is 51.7 Å². The maximum Gasteiger partial charge on any atom is 0.298 e. The highest BCUT2D eigenvalue weighted by Gasteiger charge is 2.37. The van der Waals surface area contributed by atoms with Gasteiger partial charge in [0.2, 0.25) is 0 Å². The summed E-state index contributed by atoms with van der Waals surface area (Å²) in [7, 11) is -3.01. The van der Waals surface area contributed by atoms with E-state index < -0.39 is 9.84 Å². The number of amides is 1. The van der Waals surface area contributed by atoms with Crippen molar-refractivity contribution in [3.05, 3.63) is 29.3 Å². The quantitative estimate of drug-likeness (QED) is 0.554. The van der Waals surface area contributed by atoms with Crippen molar-refractivity contribution in [1.29, 1.82) is 0 Å². The van der Waals surface area contributed by atoms with Crippen LogP contribution in [0.3, 0.4) is 0 Å².